The highest BCUT2D eigenvalue weighted by Gasteiger charge is 2.46. The van der Waals surface area contributed by atoms with Gasteiger partial charge in [-0.1, -0.05) is 26.0 Å². The molecule has 7 nitrogen and oxygen atoms in total. The molecule has 172 valence electrons. The van der Waals surface area contributed by atoms with Crippen LogP contribution in [0.5, 0.6) is 11.5 Å². The molecule has 7 heteroatoms. The normalized spacial score (nSPS) is 20.4. The second-order valence-electron chi connectivity index (χ2n) is 9.22. The lowest BCUT2D eigenvalue weighted by molar-refractivity contribution is -0.139. The topological polar surface area (TPSA) is 76.2 Å². The largest absolute Gasteiger partial charge is 0.490 e. The Hall–Kier alpha value is -3.35. The number of ether oxygens (including phenoxy) is 2. The molecule has 0 saturated carbocycles. The smallest absolute Gasteiger partial charge is 0.262 e. The van der Waals surface area contributed by atoms with Gasteiger partial charge in [-0.3, -0.25) is 19.3 Å². The third kappa shape index (κ3) is 3.46. The minimum atomic E-state index is -0.859. The summed E-state index contributed by atoms with van der Waals surface area (Å²) in [6.07, 6.45) is 1.50. The highest BCUT2D eigenvalue weighted by molar-refractivity contribution is 6.22. The van der Waals surface area contributed by atoms with Gasteiger partial charge < -0.3 is 14.4 Å². The van der Waals surface area contributed by atoms with Crippen molar-refractivity contribution in [1.82, 2.24) is 9.80 Å². The summed E-state index contributed by atoms with van der Waals surface area (Å²) in [7, 11) is 0. The Morgan fingerprint density at radius 3 is 2.21 bits per heavy atom. The first kappa shape index (κ1) is 21.5. The van der Waals surface area contributed by atoms with Crippen molar-refractivity contribution in [1.29, 1.82) is 0 Å². The summed E-state index contributed by atoms with van der Waals surface area (Å²) >= 11 is 0. The maximum absolute atomic E-state index is 13.9. The van der Waals surface area contributed by atoms with Crippen LogP contribution in [0.4, 0.5) is 0 Å². The van der Waals surface area contributed by atoms with Gasteiger partial charge in [0.05, 0.1) is 30.4 Å². The Labute approximate surface area is 193 Å². The van der Waals surface area contributed by atoms with Crippen LogP contribution in [0, 0.1) is 5.92 Å². The van der Waals surface area contributed by atoms with Crippen molar-refractivity contribution in [2.24, 2.45) is 5.92 Å². The number of amides is 3. The fraction of sp³-hybridized carbons (Fsp3) is 0.423. The molecule has 3 heterocycles. The SMILES string of the molecule is CC(C)[C@H](C(=O)N1CCc2cc3c(cc2[C@@H]1C)OCCCO3)N1C(=O)c2ccccc2C1=O. The minimum Gasteiger partial charge on any atom is -0.490 e. The van der Waals surface area contributed by atoms with Crippen molar-refractivity contribution >= 4 is 17.7 Å². The van der Waals surface area contributed by atoms with Crippen LogP contribution in [-0.2, 0) is 11.2 Å². The molecule has 0 aromatic heterocycles. The van der Waals surface area contributed by atoms with Crippen molar-refractivity contribution in [2.75, 3.05) is 19.8 Å². The number of benzene rings is 2. The van der Waals surface area contributed by atoms with Gasteiger partial charge in [0.2, 0.25) is 5.91 Å². The molecule has 2 aromatic carbocycles. The maximum Gasteiger partial charge on any atom is 0.262 e. The molecule has 33 heavy (non-hydrogen) atoms. The van der Waals surface area contributed by atoms with Crippen molar-refractivity contribution in [3.05, 3.63) is 58.7 Å². The molecule has 0 unspecified atom stereocenters. The summed E-state index contributed by atoms with van der Waals surface area (Å²) in [6, 6.07) is 9.69. The molecule has 0 N–H and O–H groups in total. The number of carbonyl (C=O) groups excluding carboxylic acids is 3. The van der Waals surface area contributed by atoms with Gasteiger partial charge in [-0.05, 0) is 54.7 Å². The lowest BCUT2D eigenvalue weighted by Crippen LogP contribution is -2.55. The van der Waals surface area contributed by atoms with Gasteiger partial charge in [0.15, 0.2) is 11.5 Å². The van der Waals surface area contributed by atoms with Crippen molar-refractivity contribution in [3.63, 3.8) is 0 Å². The lowest BCUT2D eigenvalue weighted by atomic mass is 9.91. The van der Waals surface area contributed by atoms with E-state index in [2.05, 4.69) is 0 Å². The first-order valence-electron chi connectivity index (χ1n) is 11.6. The number of hydrogen-bond donors (Lipinski definition) is 0. The monoisotopic (exact) mass is 448 g/mol. The second kappa shape index (κ2) is 8.21. The summed E-state index contributed by atoms with van der Waals surface area (Å²) in [5.41, 5.74) is 2.87. The molecular formula is C26H28N2O5. The minimum absolute atomic E-state index is 0.204. The molecule has 0 radical (unpaired) electrons. The Kier molecular flexibility index (Phi) is 5.35. The quantitative estimate of drug-likeness (QED) is 0.671. The van der Waals surface area contributed by atoms with Crippen LogP contribution in [0.3, 0.4) is 0 Å². The Morgan fingerprint density at radius 2 is 1.61 bits per heavy atom. The molecule has 3 amide bonds. The Balaban J connectivity index is 1.46. The van der Waals surface area contributed by atoms with Crippen LogP contribution >= 0.6 is 0 Å². The number of nitrogens with zero attached hydrogens (tertiary/aromatic N) is 2. The Bertz CT molecular complexity index is 1110. The Morgan fingerprint density at radius 1 is 1.00 bits per heavy atom. The van der Waals surface area contributed by atoms with E-state index >= 15 is 0 Å². The molecule has 2 aromatic rings. The van der Waals surface area contributed by atoms with E-state index in [1.807, 2.05) is 32.9 Å². The predicted molar refractivity (Wildman–Crippen MR) is 121 cm³/mol. The van der Waals surface area contributed by atoms with Gasteiger partial charge in [-0.25, -0.2) is 0 Å². The first-order valence-corrected chi connectivity index (χ1v) is 11.6. The van der Waals surface area contributed by atoms with Gasteiger partial charge in [0.25, 0.3) is 11.8 Å². The summed E-state index contributed by atoms with van der Waals surface area (Å²) in [5.74, 6) is 0.228. The molecular weight excluding hydrogens is 420 g/mol. The molecule has 0 aliphatic carbocycles. The molecule has 3 aliphatic heterocycles. The predicted octanol–water partition coefficient (Wildman–Crippen LogP) is 3.61. The second-order valence-corrected chi connectivity index (χ2v) is 9.22. The average molecular weight is 449 g/mol. The molecule has 0 saturated heterocycles. The van der Waals surface area contributed by atoms with E-state index in [0.29, 0.717) is 43.1 Å². The zero-order chi connectivity index (χ0) is 23.3. The molecule has 5 rings (SSSR count). The van der Waals surface area contributed by atoms with Gasteiger partial charge in [0.1, 0.15) is 6.04 Å². The van der Waals surface area contributed by atoms with Crippen molar-refractivity contribution in [3.8, 4) is 11.5 Å². The molecule has 0 spiro atoms. The third-order valence-electron chi connectivity index (χ3n) is 6.82. The van der Waals surface area contributed by atoms with Crippen LogP contribution in [0.1, 0.15) is 65.1 Å². The van der Waals surface area contributed by atoms with E-state index in [1.54, 1.807) is 29.2 Å². The van der Waals surface area contributed by atoms with E-state index in [0.717, 1.165) is 28.2 Å². The van der Waals surface area contributed by atoms with E-state index in [4.69, 9.17) is 9.47 Å². The molecule has 3 aliphatic rings. The van der Waals surface area contributed by atoms with E-state index in [-0.39, 0.29) is 17.9 Å². The highest BCUT2D eigenvalue weighted by Crippen LogP contribution is 2.40. The van der Waals surface area contributed by atoms with Gasteiger partial charge in [-0.2, -0.15) is 0 Å². The fourth-order valence-corrected chi connectivity index (χ4v) is 5.10. The number of imide groups is 1. The summed E-state index contributed by atoms with van der Waals surface area (Å²) in [5, 5.41) is 0. The van der Waals surface area contributed by atoms with Crippen LogP contribution in [0.15, 0.2) is 36.4 Å². The van der Waals surface area contributed by atoms with Crippen LogP contribution in [0.2, 0.25) is 0 Å². The van der Waals surface area contributed by atoms with Crippen LogP contribution < -0.4 is 9.47 Å². The van der Waals surface area contributed by atoms with Crippen LogP contribution in [-0.4, -0.2) is 53.3 Å². The first-order chi connectivity index (χ1) is 15.9. The number of fused-ring (bicyclic) bond motifs is 3. The van der Waals surface area contributed by atoms with Crippen LogP contribution in [0.25, 0.3) is 0 Å². The standard InChI is InChI=1S/C26H28N2O5/c1-15(2)23(28-24(29)18-7-4-5-8-19(18)25(28)30)26(31)27-10-9-17-13-21-22(14-20(17)16(27)3)33-12-6-11-32-21/h4-5,7-8,13-16,23H,6,9-12H2,1-3H3/t16-,23+/m0/s1. The van der Waals surface area contributed by atoms with Crippen molar-refractivity contribution in [2.45, 2.75) is 45.7 Å². The van der Waals surface area contributed by atoms with Gasteiger partial charge in [-0.15, -0.1) is 0 Å². The third-order valence-corrected chi connectivity index (χ3v) is 6.82. The fourth-order valence-electron chi connectivity index (χ4n) is 5.10. The highest BCUT2D eigenvalue weighted by atomic mass is 16.5. The number of rotatable bonds is 3. The van der Waals surface area contributed by atoms with Gasteiger partial charge >= 0.3 is 0 Å². The summed E-state index contributed by atoms with van der Waals surface area (Å²) < 4.78 is 11.7. The summed E-state index contributed by atoms with van der Waals surface area (Å²) in [4.78, 5) is 43.0. The van der Waals surface area contributed by atoms with Gasteiger partial charge in [0, 0.05) is 13.0 Å². The molecule has 0 bridgehead atoms. The molecule has 0 fully saturated rings. The van der Waals surface area contributed by atoms with E-state index in [1.165, 1.54) is 0 Å². The molecule has 2 atom stereocenters. The maximum atomic E-state index is 13.9. The van der Waals surface area contributed by atoms with Crippen molar-refractivity contribution < 1.29 is 23.9 Å². The number of hydrogen-bond acceptors (Lipinski definition) is 5. The summed E-state index contributed by atoms with van der Waals surface area (Å²) in [6.45, 7) is 7.47. The van der Waals surface area contributed by atoms with E-state index < -0.39 is 17.9 Å². The lowest BCUT2D eigenvalue weighted by Gasteiger charge is -2.40. The number of carbonyl (C=O) groups is 3. The zero-order valence-electron chi connectivity index (χ0n) is 19.2. The zero-order valence-corrected chi connectivity index (χ0v) is 19.2. The van der Waals surface area contributed by atoms with E-state index in [9.17, 15) is 14.4 Å². The average Bonchev–Trinajstić information content (AvgIpc) is 2.95.